The smallest absolute Gasteiger partial charge is 0.271 e. The number of hydrogen-bond acceptors (Lipinski definition) is 5. The summed E-state index contributed by atoms with van der Waals surface area (Å²) in [5.41, 5.74) is 3.64. The number of ether oxygens (including phenoxy) is 3. The maximum absolute atomic E-state index is 12.5. The second kappa shape index (κ2) is 11.6. The van der Waals surface area contributed by atoms with E-state index in [9.17, 15) is 4.79 Å². The van der Waals surface area contributed by atoms with E-state index >= 15 is 0 Å². The standard InChI is InChI=1S/C21H22Br2N2O4/c1-4-9-29-18-8-7-14(11-19(18)27-5-2)21(26)25-24-13-15-10-16(22)12-17(23)20(15)28-6-3/h4,7-8,10-13H,1,5-6,9H2,2-3H3,(H,25,26)/b24-13+. The number of halogens is 2. The highest BCUT2D eigenvalue weighted by Gasteiger charge is 2.12. The van der Waals surface area contributed by atoms with Gasteiger partial charge in [-0.15, -0.1) is 0 Å². The Morgan fingerprint density at radius 3 is 2.55 bits per heavy atom. The van der Waals surface area contributed by atoms with E-state index in [0.717, 1.165) is 14.5 Å². The third-order valence-corrected chi connectivity index (χ3v) is 4.60. The molecule has 8 heteroatoms. The number of hydrogen-bond donors (Lipinski definition) is 1. The molecule has 0 bridgehead atoms. The van der Waals surface area contributed by atoms with Gasteiger partial charge in [0.05, 0.1) is 23.9 Å². The van der Waals surface area contributed by atoms with Crippen LogP contribution in [0.1, 0.15) is 29.8 Å². The second-order valence-electron chi connectivity index (χ2n) is 5.63. The van der Waals surface area contributed by atoms with Gasteiger partial charge in [0.1, 0.15) is 12.4 Å². The molecule has 2 aromatic carbocycles. The van der Waals surface area contributed by atoms with E-state index in [4.69, 9.17) is 14.2 Å². The van der Waals surface area contributed by atoms with Crippen molar-refractivity contribution in [2.45, 2.75) is 13.8 Å². The average Bonchev–Trinajstić information content (AvgIpc) is 2.69. The van der Waals surface area contributed by atoms with Gasteiger partial charge in [-0.1, -0.05) is 28.6 Å². The quantitative estimate of drug-likeness (QED) is 0.258. The van der Waals surface area contributed by atoms with Crippen LogP contribution in [0.5, 0.6) is 17.2 Å². The SMILES string of the molecule is C=CCOc1ccc(C(=O)N/N=C/c2cc(Br)cc(Br)c2OCC)cc1OCC. The molecule has 0 fully saturated rings. The van der Waals surface area contributed by atoms with E-state index in [0.29, 0.717) is 42.6 Å². The Bertz CT molecular complexity index is 900. The molecule has 0 spiro atoms. The summed E-state index contributed by atoms with van der Waals surface area (Å²) in [6.07, 6.45) is 3.17. The fourth-order valence-corrected chi connectivity index (χ4v) is 3.76. The Morgan fingerprint density at radius 1 is 1.10 bits per heavy atom. The molecule has 0 aliphatic carbocycles. The Kier molecular flexibility index (Phi) is 9.21. The van der Waals surface area contributed by atoms with Gasteiger partial charge in [-0.05, 0) is 60.1 Å². The van der Waals surface area contributed by atoms with Gasteiger partial charge in [0.25, 0.3) is 5.91 Å². The monoisotopic (exact) mass is 524 g/mol. The average molecular weight is 526 g/mol. The van der Waals surface area contributed by atoms with E-state index < -0.39 is 0 Å². The van der Waals surface area contributed by atoms with Gasteiger partial charge in [-0.2, -0.15) is 5.10 Å². The van der Waals surface area contributed by atoms with Crippen LogP contribution in [0.3, 0.4) is 0 Å². The van der Waals surface area contributed by atoms with Crippen LogP contribution < -0.4 is 19.6 Å². The van der Waals surface area contributed by atoms with E-state index in [1.165, 1.54) is 6.21 Å². The summed E-state index contributed by atoms with van der Waals surface area (Å²) in [5, 5.41) is 4.06. The molecule has 0 aliphatic heterocycles. The molecule has 0 heterocycles. The number of benzene rings is 2. The fraction of sp³-hybridized carbons (Fsp3) is 0.238. The van der Waals surface area contributed by atoms with Crippen LogP contribution in [0, 0.1) is 0 Å². The third kappa shape index (κ3) is 6.61. The molecule has 6 nitrogen and oxygen atoms in total. The number of carbonyl (C=O) groups is 1. The lowest BCUT2D eigenvalue weighted by atomic mass is 10.2. The highest BCUT2D eigenvalue weighted by atomic mass is 79.9. The van der Waals surface area contributed by atoms with Crippen LogP contribution >= 0.6 is 31.9 Å². The molecule has 1 N–H and O–H groups in total. The van der Waals surface area contributed by atoms with Crippen LogP contribution in [0.15, 0.2) is 57.0 Å². The van der Waals surface area contributed by atoms with Gasteiger partial charge in [0.2, 0.25) is 0 Å². The van der Waals surface area contributed by atoms with Crippen molar-refractivity contribution in [3.05, 3.63) is 63.1 Å². The molecular weight excluding hydrogens is 504 g/mol. The lowest BCUT2D eigenvalue weighted by molar-refractivity contribution is 0.0954. The van der Waals surface area contributed by atoms with Crippen LogP contribution in [-0.2, 0) is 0 Å². The van der Waals surface area contributed by atoms with Gasteiger partial charge in [0.15, 0.2) is 11.5 Å². The van der Waals surface area contributed by atoms with Crippen molar-refractivity contribution in [3.8, 4) is 17.2 Å². The first-order valence-corrected chi connectivity index (χ1v) is 10.5. The highest BCUT2D eigenvalue weighted by molar-refractivity contribution is 9.11. The van der Waals surface area contributed by atoms with Crippen molar-refractivity contribution in [2.24, 2.45) is 5.10 Å². The zero-order valence-electron chi connectivity index (χ0n) is 16.2. The molecule has 1 amide bonds. The summed E-state index contributed by atoms with van der Waals surface area (Å²) in [4.78, 5) is 12.5. The molecule has 0 radical (unpaired) electrons. The Balaban J connectivity index is 2.16. The topological polar surface area (TPSA) is 69.2 Å². The lowest BCUT2D eigenvalue weighted by Crippen LogP contribution is -2.18. The van der Waals surface area contributed by atoms with E-state index in [2.05, 4.69) is 49.0 Å². The van der Waals surface area contributed by atoms with Crippen molar-refractivity contribution >= 4 is 44.0 Å². The van der Waals surface area contributed by atoms with E-state index in [1.807, 2.05) is 26.0 Å². The lowest BCUT2D eigenvalue weighted by Gasteiger charge is -2.12. The number of nitrogens with one attached hydrogen (secondary N) is 1. The molecule has 0 atom stereocenters. The summed E-state index contributed by atoms with van der Waals surface area (Å²) in [7, 11) is 0. The minimum atomic E-state index is -0.371. The zero-order chi connectivity index (χ0) is 21.2. The molecule has 0 saturated carbocycles. The Morgan fingerprint density at radius 2 is 1.86 bits per heavy atom. The van der Waals surface area contributed by atoms with Crippen molar-refractivity contribution in [1.82, 2.24) is 5.43 Å². The second-order valence-corrected chi connectivity index (χ2v) is 7.40. The molecule has 2 aromatic rings. The maximum Gasteiger partial charge on any atom is 0.271 e. The minimum Gasteiger partial charge on any atom is -0.492 e. The largest absolute Gasteiger partial charge is 0.492 e. The van der Waals surface area contributed by atoms with Gasteiger partial charge < -0.3 is 14.2 Å². The molecule has 29 heavy (non-hydrogen) atoms. The van der Waals surface area contributed by atoms with Crippen molar-refractivity contribution < 1.29 is 19.0 Å². The number of nitrogens with zero attached hydrogens (tertiary/aromatic N) is 1. The highest BCUT2D eigenvalue weighted by Crippen LogP contribution is 2.32. The van der Waals surface area contributed by atoms with E-state index in [1.54, 1.807) is 24.3 Å². The van der Waals surface area contributed by atoms with Crippen LogP contribution in [0.2, 0.25) is 0 Å². The van der Waals surface area contributed by atoms with Crippen LogP contribution in [0.25, 0.3) is 0 Å². The van der Waals surface area contributed by atoms with Crippen molar-refractivity contribution in [2.75, 3.05) is 19.8 Å². The van der Waals surface area contributed by atoms with E-state index in [-0.39, 0.29) is 5.91 Å². The molecule has 0 aromatic heterocycles. The van der Waals surface area contributed by atoms with Gasteiger partial charge in [-0.25, -0.2) is 5.43 Å². The summed E-state index contributed by atoms with van der Waals surface area (Å²) in [6.45, 7) is 8.69. The normalized spacial score (nSPS) is 10.6. The third-order valence-electron chi connectivity index (χ3n) is 3.56. The number of rotatable bonds is 10. The van der Waals surface area contributed by atoms with Crippen molar-refractivity contribution in [1.29, 1.82) is 0 Å². The Hall–Kier alpha value is -2.32. The summed E-state index contributed by atoms with van der Waals surface area (Å²) < 4.78 is 18.4. The molecule has 0 unspecified atom stereocenters. The maximum atomic E-state index is 12.5. The summed E-state index contributed by atoms with van der Waals surface area (Å²) in [5.74, 6) is 1.31. The van der Waals surface area contributed by atoms with Gasteiger partial charge >= 0.3 is 0 Å². The predicted molar refractivity (Wildman–Crippen MR) is 121 cm³/mol. The number of amides is 1. The number of carbonyl (C=O) groups excluding carboxylic acids is 1. The Labute approximate surface area is 187 Å². The first-order chi connectivity index (χ1) is 14.0. The summed E-state index contributed by atoms with van der Waals surface area (Å²) >= 11 is 6.90. The van der Waals surface area contributed by atoms with Gasteiger partial charge in [-0.3, -0.25) is 4.79 Å². The fourth-order valence-electron chi connectivity index (χ4n) is 2.38. The summed E-state index contributed by atoms with van der Waals surface area (Å²) in [6, 6.07) is 8.68. The molecule has 0 aliphatic rings. The van der Waals surface area contributed by atoms with Crippen LogP contribution in [-0.4, -0.2) is 31.9 Å². The molecule has 2 rings (SSSR count). The van der Waals surface area contributed by atoms with Crippen LogP contribution in [0.4, 0.5) is 0 Å². The number of hydrazone groups is 1. The first kappa shape index (κ1) is 23.0. The molecule has 154 valence electrons. The van der Waals surface area contributed by atoms with Gasteiger partial charge in [0, 0.05) is 15.6 Å². The zero-order valence-corrected chi connectivity index (χ0v) is 19.4. The molecule has 0 saturated heterocycles. The first-order valence-electron chi connectivity index (χ1n) is 8.95. The van der Waals surface area contributed by atoms with Crippen molar-refractivity contribution in [3.63, 3.8) is 0 Å². The minimum absolute atomic E-state index is 0.347. The predicted octanol–water partition coefficient (Wildman–Crippen LogP) is 5.34. The molecular formula is C21H22Br2N2O4.